The standard InChI is InChI=1S/C21H22N6O3S/c1-12-18(13(2)30-26-12)19(28)27(3)10-16-11-31-21(24-16)25-20(29)23-9-14-4-5-17-15(8-14)6-7-22-17/h4-8,11,22H,9-10H2,1-3H3,(H2,23,24,25,29). The quantitative estimate of drug-likeness (QED) is 0.423. The molecule has 4 rings (SSSR count). The maximum absolute atomic E-state index is 12.6. The SMILES string of the molecule is Cc1noc(C)c1C(=O)N(C)Cc1csc(NC(=O)NCc2ccc3[nH]ccc3c2)n1. The summed E-state index contributed by atoms with van der Waals surface area (Å²) >= 11 is 1.30. The number of carbonyl (C=O) groups is 2. The molecule has 0 spiro atoms. The molecule has 0 aliphatic heterocycles. The average molecular weight is 439 g/mol. The van der Waals surface area contributed by atoms with Crippen LogP contribution >= 0.6 is 11.3 Å². The summed E-state index contributed by atoms with van der Waals surface area (Å²) < 4.78 is 5.07. The highest BCUT2D eigenvalue weighted by atomic mass is 32.1. The number of anilines is 1. The van der Waals surface area contributed by atoms with Crippen LogP contribution in [0.15, 0.2) is 40.4 Å². The van der Waals surface area contributed by atoms with Gasteiger partial charge in [0.2, 0.25) is 0 Å². The lowest BCUT2D eigenvalue weighted by molar-refractivity contribution is 0.0781. The normalized spacial score (nSPS) is 10.9. The summed E-state index contributed by atoms with van der Waals surface area (Å²) in [6.07, 6.45) is 1.88. The molecule has 4 aromatic rings. The zero-order chi connectivity index (χ0) is 22.0. The predicted molar refractivity (Wildman–Crippen MR) is 118 cm³/mol. The van der Waals surface area contributed by atoms with E-state index < -0.39 is 0 Å². The fourth-order valence-corrected chi connectivity index (χ4v) is 3.96. The molecule has 0 atom stereocenters. The number of rotatable bonds is 6. The molecule has 0 aliphatic rings. The van der Waals surface area contributed by atoms with Crippen molar-refractivity contribution in [2.75, 3.05) is 12.4 Å². The molecule has 0 radical (unpaired) electrons. The van der Waals surface area contributed by atoms with Crippen LogP contribution < -0.4 is 10.6 Å². The summed E-state index contributed by atoms with van der Waals surface area (Å²) in [5, 5.41) is 12.8. The zero-order valence-electron chi connectivity index (χ0n) is 17.4. The third kappa shape index (κ3) is 4.58. The van der Waals surface area contributed by atoms with Crippen molar-refractivity contribution in [1.82, 2.24) is 25.3 Å². The van der Waals surface area contributed by atoms with E-state index in [1.807, 2.05) is 35.8 Å². The average Bonchev–Trinajstić information content (AvgIpc) is 3.46. The molecule has 10 heteroatoms. The second kappa shape index (κ2) is 8.60. The number of aromatic nitrogens is 3. The molecule has 0 saturated heterocycles. The summed E-state index contributed by atoms with van der Waals surface area (Å²) in [4.78, 5) is 33.9. The van der Waals surface area contributed by atoms with Crippen molar-refractivity contribution in [2.45, 2.75) is 26.9 Å². The van der Waals surface area contributed by atoms with Crippen LogP contribution in [0.25, 0.3) is 10.9 Å². The minimum atomic E-state index is -0.338. The maximum Gasteiger partial charge on any atom is 0.321 e. The summed E-state index contributed by atoms with van der Waals surface area (Å²) in [6, 6.07) is 7.63. The molecule has 0 bridgehead atoms. The van der Waals surface area contributed by atoms with Gasteiger partial charge in [0.15, 0.2) is 5.13 Å². The molecule has 3 amide bonds. The number of benzene rings is 1. The lowest BCUT2D eigenvalue weighted by Crippen LogP contribution is -2.28. The van der Waals surface area contributed by atoms with Crippen molar-refractivity contribution in [2.24, 2.45) is 0 Å². The Morgan fingerprint density at radius 3 is 2.87 bits per heavy atom. The van der Waals surface area contributed by atoms with E-state index in [1.54, 1.807) is 25.8 Å². The van der Waals surface area contributed by atoms with Crippen LogP contribution in [-0.2, 0) is 13.1 Å². The Kier molecular flexibility index (Phi) is 5.72. The number of nitrogens with one attached hydrogen (secondary N) is 3. The van der Waals surface area contributed by atoms with Gasteiger partial charge in [-0.15, -0.1) is 11.3 Å². The minimum Gasteiger partial charge on any atom is -0.361 e. The van der Waals surface area contributed by atoms with Crippen LogP contribution in [0.5, 0.6) is 0 Å². The van der Waals surface area contributed by atoms with Gasteiger partial charge in [-0.05, 0) is 43.0 Å². The highest BCUT2D eigenvalue weighted by Gasteiger charge is 2.21. The largest absolute Gasteiger partial charge is 0.361 e. The molecule has 3 aromatic heterocycles. The van der Waals surface area contributed by atoms with Gasteiger partial charge in [0.25, 0.3) is 5.91 Å². The number of hydrogen-bond donors (Lipinski definition) is 3. The van der Waals surface area contributed by atoms with Crippen LogP contribution in [0.4, 0.5) is 9.93 Å². The number of aromatic amines is 1. The van der Waals surface area contributed by atoms with Gasteiger partial charge in [-0.1, -0.05) is 11.2 Å². The number of urea groups is 1. The highest BCUT2D eigenvalue weighted by molar-refractivity contribution is 7.13. The molecule has 31 heavy (non-hydrogen) atoms. The first-order valence-electron chi connectivity index (χ1n) is 9.64. The van der Waals surface area contributed by atoms with Gasteiger partial charge >= 0.3 is 6.03 Å². The number of aryl methyl sites for hydroxylation is 2. The third-order valence-electron chi connectivity index (χ3n) is 4.84. The number of nitrogens with zero attached hydrogens (tertiary/aromatic N) is 3. The molecule has 3 N–H and O–H groups in total. The van der Waals surface area contributed by atoms with Gasteiger partial charge in [0.05, 0.1) is 17.9 Å². The van der Waals surface area contributed by atoms with E-state index in [0.29, 0.717) is 40.9 Å². The molecule has 0 aliphatic carbocycles. The number of H-pyrrole nitrogens is 1. The van der Waals surface area contributed by atoms with Gasteiger partial charge in [-0.3, -0.25) is 10.1 Å². The van der Waals surface area contributed by atoms with Gasteiger partial charge < -0.3 is 19.7 Å². The lowest BCUT2D eigenvalue weighted by Gasteiger charge is -2.15. The predicted octanol–water partition coefficient (Wildman–Crippen LogP) is 3.82. The maximum atomic E-state index is 12.6. The van der Waals surface area contributed by atoms with E-state index >= 15 is 0 Å². The van der Waals surface area contributed by atoms with Gasteiger partial charge in [-0.25, -0.2) is 9.78 Å². The topological polar surface area (TPSA) is 116 Å². The van der Waals surface area contributed by atoms with Crippen molar-refractivity contribution >= 4 is 39.3 Å². The van der Waals surface area contributed by atoms with E-state index in [9.17, 15) is 9.59 Å². The Balaban J connectivity index is 1.31. The molecule has 0 fully saturated rings. The number of thiazole rings is 1. The van der Waals surface area contributed by atoms with Crippen LogP contribution in [0, 0.1) is 13.8 Å². The molecular formula is C21H22N6O3S. The Bertz CT molecular complexity index is 1220. The van der Waals surface area contributed by atoms with Gasteiger partial charge in [-0.2, -0.15) is 0 Å². The van der Waals surface area contributed by atoms with Crippen molar-refractivity contribution < 1.29 is 14.1 Å². The van der Waals surface area contributed by atoms with Crippen LogP contribution in [0.2, 0.25) is 0 Å². The first-order chi connectivity index (χ1) is 14.9. The Morgan fingerprint density at radius 1 is 1.26 bits per heavy atom. The fraction of sp³-hybridized carbons (Fsp3) is 0.238. The second-order valence-electron chi connectivity index (χ2n) is 7.21. The minimum absolute atomic E-state index is 0.184. The van der Waals surface area contributed by atoms with Crippen LogP contribution in [0.3, 0.4) is 0 Å². The molecule has 0 saturated carbocycles. The fourth-order valence-electron chi connectivity index (χ4n) is 3.27. The number of hydrogen-bond acceptors (Lipinski definition) is 6. The summed E-state index contributed by atoms with van der Waals surface area (Å²) in [5.74, 6) is 0.304. The Morgan fingerprint density at radius 2 is 2.10 bits per heavy atom. The van der Waals surface area contributed by atoms with E-state index in [-0.39, 0.29) is 11.9 Å². The number of carbonyl (C=O) groups excluding carboxylic acids is 2. The van der Waals surface area contributed by atoms with Crippen molar-refractivity contribution in [1.29, 1.82) is 0 Å². The number of amides is 3. The molecule has 3 heterocycles. The van der Waals surface area contributed by atoms with E-state index in [0.717, 1.165) is 16.5 Å². The Labute approximate surface area is 182 Å². The monoisotopic (exact) mass is 438 g/mol. The first kappa shape index (κ1) is 20.6. The second-order valence-corrected chi connectivity index (χ2v) is 8.07. The van der Waals surface area contributed by atoms with Crippen LogP contribution in [0.1, 0.15) is 33.1 Å². The summed E-state index contributed by atoms with van der Waals surface area (Å²) in [5.41, 5.74) is 3.76. The van der Waals surface area contributed by atoms with Crippen molar-refractivity contribution in [3.63, 3.8) is 0 Å². The number of fused-ring (bicyclic) bond motifs is 1. The lowest BCUT2D eigenvalue weighted by atomic mass is 10.1. The smallest absolute Gasteiger partial charge is 0.321 e. The molecule has 1 aromatic carbocycles. The van der Waals surface area contributed by atoms with E-state index in [2.05, 4.69) is 25.8 Å². The zero-order valence-corrected chi connectivity index (χ0v) is 18.2. The van der Waals surface area contributed by atoms with E-state index in [4.69, 9.17) is 4.52 Å². The van der Waals surface area contributed by atoms with Gasteiger partial charge in [0, 0.05) is 30.7 Å². The highest BCUT2D eigenvalue weighted by Crippen LogP contribution is 2.19. The molecule has 9 nitrogen and oxygen atoms in total. The summed E-state index contributed by atoms with van der Waals surface area (Å²) in [7, 11) is 1.69. The van der Waals surface area contributed by atoms with E-state index in [1.165, 1.54) is 11.3 Å². The molecule has 160 valence electrons. The Hall–Kier alpha value is -3.66. The van der Waals surface area contributed by atoms with Crippen LogP contribution in [-0.4, -0.2) is 39.0 Å². The first-order valence-corrected chi connectivity index (χ1v) is 10.5. The van der Waals surface area contributed by atoms with Crippen molar-refractivity contribution in [3.8, 4) is 0 Å². The third-order valence-corrected chi connectivity index (χ3v) is 5.64. The molecule has 0 unspecified atom stereocenters. The summed E-state index contributed by atoms with van der Waals surface area (Å²) in [6.45, 7) is 4.15. The molecular weight excluding hydrogens is 416 g/mol. The van der Waals surface area contributed by atoms with Gasteiger partial charge in [0.1, 0.15) is 11.3 Å². The van der Waals surface area contributed by atoms with Crippen molar-refractivity contribution in [3.05, 3.63) is 64.1 Å².